The van der Waals surface area contributed by atoms with E-state index >= 15 is 0 Å². The van der Waals surface area contributed by atoms with Gasteiger partial charge in [-0.25, -0.2) is 0 Å². The van der Waals surface area contributed by atoms with E-state index in [9.17, 15) is 0 Å². The van der Waals surface area contributed by atoms with Crippen molar-refractivity contribution >= 4 is 22.4 Å². The largest absolute Gasteiger partial charge is 0.118 e. The minimum atomic E-state index is 0.116. The standard InChI is InChI=1S/C17H21Cl/c1-4-12(2)11-17(18)16-10-9-13(3)14-7-5-6-8-15(14)16/h5-10,12,17H,4,11H2,1-3H3. The van der Waals surface area contributed by atoms with Gasteiger partial charge in [0, 0.05) is 0 Å². The zero-order chi connectivity index (χ0) is 13.1. The molecule has 1 heteroatoms. The maximum Gasteiger partial charge on any atom is 0.0593 e. The van der Waals surface area contributed by atoms with Gasteiger partial charge in [0.25, 0.3) is 0 Å². The van der Waals surface area contributed by atoms with E-state index < -0.39 is 0 Å². The summed E-state index contributed by atoms with van der Waals surface area (Å²) in [5, 5.41) is 2.75. The Morgan fingerprint density at radius 1 is 1.06 bits per heavy atom. The quantitative estimate of drug-likeness (QED) is 0.604. The summed E-state index contributed by atoms with van der Waals surface area (Å²) in [6.45, 7) is 6.65. The molecule has 0 bridgehead atoms. The van der Waals surface area contributed by atoms with Crippen molar-refractivity contribution in [3.8, 4) is 0 Å². The Bertz CT molecular complexity index is 530. The number of rotatable bonds is 4. The molecule has 0 spiro atoms. The van der Waals surface area contributed by atoms with Crippen molar-refractivity contribution in [2.75, 3.05) is 0 Å². The van der Waals surface area contributed by atoms with Crippen molar-refractivity contribution in [3.63, 3.8) is 0 Å². The normalized spacial score (nSPS) is 14.7. The van der Waals surface area contributed by atoms with Crippen molar-refractivity contribution in [2.24, 2.45) is 5.92 Å². The molecule has 0 aliphatic rings. The molecule has 0 saturated carbocycles. The maximum absolute atomic E-state index is 6.61. The van der Waals surface area contributed by atoms with Crippen LogP contribution in [0.4, 0.5) is 0 Å². The van der Waals surface area contributed by atoms with Crippen molar-refractivity contribution in [1.29, 1.82) is 0 Å². The smallest absolute Gasteiger partial charge is 0.0593 e. The van der Waals surface area contributed by atoms with Crippen LogP contribution in [0.5, 0.6) is 0 Å². The number of hydrogen-bond donors (Lipinski definition) is 0. The summed E-state index contributed by atoms with van der Waals surface area (Å²) in [5.41, 5.74) is 2.60. The molecule has 0 amide bonds. The second-order valence-corrected chi connectivity index (χ2v) is 5.76. The molecule has 96 valence electrons. The van der Waals surface area contributed by atoms with Crippen molar-refractivity contribution < 1.29 is 0 Å². The molecule has 0 radical (unpaired) electrons. The lowest BCUT2D eigenvalue weighted by Gasteiger charge is -2.17. The molecule has 0 fully saturated rings. The van der Waals surface area contributed by atoms with Gasteiger partial charge in [0.15, 0.2) is 0 Å². The molecule has 2 aromatic rings. The predicted molar refractivity (Wildman–Crippen MR) is 81.4 cm³/mol. The van der Waals surface area contributed by atoms with Gasteiger partial charge < -0.3 is 0 Å². The van der Waals surface area contributed by atoms with Gasteiger partial charge in [-0.3, -0.25) is 0 Å². The Morgan fingerprint density at radius 2 is 1.72 bits per heavy atom. The zero-order valence-electron chi connectivity index (χ0n) is 11.4. The van der Waals surface area contributed by atoms with E-state index in [1.54, 1.807) is 0 Å². The topological polar surface area (TPSA) is 0 Å². The summed E-state index contributed by atoms with van der Waals surface area (Å²) in [7, 11) is 0. The van der Waals surface area contributed by atoms with Crippen LogP contribution in [0.15, 0.2) is 36.4 Å². The molecule has 0 aromatic heterocycles. The molecule has 0 aliphatic heterocycles. The summed E-state index contributed by atoms with van der Waals surface area (Å²) >= 11 is 6.61. The van der Waals surface area contributed by atoms with Gasteiger partial charge in [0.2, 0.25) is 0 Å². The van der Waals surface area contributed by atoms with Gasteiger partial charge in [-0.2, -0.15) is 0 Å². The lowest BCUT2D eigenvalue weighted by molar-refractivity contribution is 0.509. The summed E-state index contributed by atoms with van der Waals surface area (Å²) in [6.07, 6.45) is 2.23. The molecular formula is C17H21Cl. The third-order valence-corrected chi connectivity index (χ3v) is 4.23. The molecule has 2 rings (SSSR count). The number of hydrogen-bond acceptors (Lipinski definition) is 0. The summed E-state index contributed by atoms with van der Waals surface area (Å²) in [4.78, 5) is 0. The van der Waals surface area contributed by atoms with Gasteiger partial charge in [0.05, 0.1) is 5.38 Å². The Morgan fingerprint density at radius 3 is 2.39 bits per heavy atom. The van der Waals surface area contributed by atoms with Crippen LogP contribution >= 0.6 is 11.6 Å². The number of aryl methyl sites for hydroxylation is 1. The van der Waals surface area contributed by atoms with E-state index in [1.165, 1.54) is 28.3 Å². The SMILES string of the molecule is CCC(C)CC(Cl)c1ccc(C)c2ccccc12. The second kappa shape index (κ2) is 5.75. The molecule has 2 unspecified atom stereocenters. The summed E-state index contributed by atoms with van der Waals surface area (Å²) < 4.78 is 0. The molecule has 0 nitrogen and oxygen atoms in total. The average molecular weight is 261 g/mol. The Balaban J connectivity index is 2.42. The monoisotopic (exact) mass is 260 g/mol. The number of halogens is 1. The van der Waals surface area contributed by atoms with Gasteiger partial charge in [-0.05, 0) is 41.2 Å². The molecule has 0 saturated heterocycles. The van der Waals surface area contributed by atoms with Gasteiger partial charge in [0.1, 0.15) is 0 Å². The second-order valence-electron chi connectivity index (χ2n) is 5.23. The van der Waals surface area contributed by atoms with Crippen LogP contribution in [0, 0.1) is 12.8 Å². The van der Waals surface area contributed by atoms with Crippen LogP contribution in [0.3, 0.4) is 0 Å². The summed E-state index contributed by atoms with van der Waals surface area (Å²) in [6, 6.07) is 12.9. The highest BCUT2D eigenvalue weighted by Crippen LogP contribution is 2.34. The van der Waals surface area contributed by atoms with E-state index in [0.717, 1.165) is 6.42 Å². The first-order valence-electron chi connectivity index (χ1n) is 6.75. The van der Waals surface area contributed by atoms with Crippen molar-refractivity contribution in [1.82, 2.24) is 0 Å². The lowest BCUT2D eigenvalue weighted by atomic mass is 9.93. The van der Waals surface area contributed by atoms with E-state index in [2.05, 4.69) is 57.2 Å². The molecule has 18 heavy (non-hydrogen) atoms. The first-order chi connectivity index (χ1) is 8.63. The first-order valence-corrected chi connectivity index (χ1v) is 7.19. The highest BCUT2D eigenvalue weighted by Gasteiger charge is 2.14. The Kier molecular flexibility index (Phi) is 4.29. The van der Waals surface area contributed by atoms with Crippen LogP contribution in [0.25, 0.3) is 10.8 Å². The van der Waals surface area contributed by atoms with Crippen LogP contribution in [-0.4, -0.2) is 0 Å². The number of benzene rings is 2. The van der Waals surface area contributed by atoms with Gasteiger partial charge in [-0.1, -0.05) is 56.7 Å². The van der Waals surface area contributed by atoms with Crippen molar-refractivity contribution in [3.05, 3.63) is 47.5 Å². The molecule has 2 aromatic carbocycles. The first kappa shape index (κ1) is 13.4. The minimum Gasteiger partial charge on any atom is -0.118 e. The predicted octanol–water partition coefficient (Wildman–Crippen LogP) is 5.86. The number of alkyl halides is 1. The van der Waals surface area contributed by atoms with Crippen LogP contribution in [0.2, 0.25) is 0 Å². The molecule has 2 atom stereocenters. The average Bonchev–Trinajstić information content (AvgIpc) is 2.39. The Labute approximate surface area is 115 Å². The minimum absolute atomic E-state index is 0.116. The molecule has 0 aliphatic carbocycles. The Hall–Kier alpha value is -1.01. The molecule has 0 N–H and O–H groups in total. The van der Waals surface area contributed by atoms with E-state index in [0.29, 0.717) is 5.92 Å². The molecule has 0 heterocycles. The highest BCUT2D eigenvalue weighted by molar-refractivity contribution is 6.21. The third-order valence-electron chi connectivity index (χ3n) is 3.82. The van der Waals surface area contributed by atoms with E-state index in [4.69, 9.17) is 11.6 Å². The number of fused-ring (bicyclic) bond motifs is 1. The summed E-state index contributed by atoms with van der Waals surface area (Å²) in [5.74, 6) is 0.674. The van der Waals surface area contributed by atoms with Crippen molar-refractivity contribution in [2.45, 2.75) is 39.0 Å². The molecular weight excluding hydrogens is 240 g/mol. The third kappa shape index (κ3) is 2.70. The van der Waals surface area contributed by atoms with Crippen LogP contribution in [0.1, 0.15) is 43.2 Å². The van der Waals surface area contributed by atoms with E-state index in [1.807, 2.05) is 0 Å². The highest BCUT2D eigenvalue weighted by atomic mass is 35.5. The van der Waals surface area contributed by atoms with Gasteiger partial charge in [-0.15, -0.1) is 11.6 Å². The van der Waals surface area contributed by atoms with Crippen LogP contribution < -0.4 is 0 Å². The van der Waals surface area contributed by atoms with E-state index in [-0.39, 0.29) is 5.38 Å². The van der Waals surface area contributed by atoms with Gasteiger partial charge >= 0.3 is 0 Å². The fourth-order valence-electron chi connectivity index (χ4n) is 2.39. The maximum atomic E-state index is 6.61. The fraction of sp³-hybridized carbons (Fsp3) is 0.412. The van der Waals surface area contributed by atoms with Crippen LogP contribution in [-0.2, 0) is 0 Å². The lowest BCUT2D eigenvalue weighted by Crippen LogP contribution is -2.00. The fourth-order valence-corrected chi connectivity index (χ4v) is 2.89. The zero-order valence-corrected chi connectivity index (χ0v) is 12.2.